The molecular weight excluding hydrogens is 345 g/mol. The van der Waals surface area contributed by atoms with Crippen molar-refractivity contribution in [1.29, 1.82) is 0 Å². The molecule has 0 aliphatic heterocycles. The van der Waals surface area contributed by atoms with Crippen molar-refractivity contribution in [2.45, 2.75) is 19.4 Å². The Morgan fingerprint density at radius 2 is 2.05 bits per heavy atom. The summed E-state index contributed by atoms with van der Waals surface area (Å²) in [6, 6.07) is 9.48. The van der Waals surface area contributed by atoms with Crippen molar-refractivity contribution < 1.29 is 9.50 Å². The van der Waals surface area contributed by atoms with Gasteiger partial charge in [0.1, 0.15) is 11.6 Å². The molecule has 0 saturated heterocycles. The lowest BCUT2D eigenvalue weighted by Gasteiger charge is -2.20. The number of hydrogen-bond acceptors (Lipinski definition) is 2. The molecule has 0 aliphatic carbocycles. The molecule has 0 aromatic heterocycles. The van der Waals surface area contributed by atoms with Gasteiger partial charge in [0.25, 0.3) is 0 Å². The molecule has 1 atom stereocenters. The van der Waals surface area contributed by atoms with Crippen molar-refractivity contribution in [1.82, 2.24) is 0 Å². The molecule has 2 rings (SSSR count). The lowest BCUT2D eigenvalue weighted by atomic mass is 10.0. The number of benzene rings is 2. The van der Waals surface area contributed by atoms with Crippen molar-refractivity contribution in [3.63, 3.8) is 0 Å². The normalized spacial score (nSPS) is 12.2. The van der Waals surface area contributed by atoms with Crippen molar-refractivity contribution in [3.05, 3.63) is 57.3 Å². The van der Waals surface area contributed by atoms with Crippen LogP contribution in [0.3, 0.4) is 0 Å². The summed E-state index contributed by atoms with van der Waals surface area (Å²) in [6.07, 6.45) is 0.700. The zero-order valence-corrected chi connectivity index (χ0v) is 13.2. The van der Waals surface area contributed by atoms with Gasteiger partial charge in [-0.15, -0.1) is 0 Å². The molecule has 0 fully saturated rings. The van der Waals surface area contributed by atoms with E-state index in [1.54, 1.807) is 24.3 Å². The van der Waals surface area contributed by atoms with Crippen LogP contribution in [0.25, 0.3) is 0 Å². The quantitative estimate of drug-likeness (QED) is 0.755. The maximum absolute atomic E-state index is 13.8. The minimum Gasteiger partial charge on any atom is -0.508 e. The number of hydrogen-bond donors (Lipinski definition) is 2. The van der Waals surface area contributed by atoms with Gasteiger partial charge in [0, 0.05) is 15.1 Å². The fourth-order valence-electron chi connectivity index (χ4n) is 2.00. The highest BCUT2D eigenvalue weighted by atomic mass is 79.9. The number of rotatable bonds is 4. The number of anilines is 1. The Morgan fingerprint density at radius 1 is 1.30 bits per heavy atom. The average Bonchev–Trinajstić information content (AvgIpc) is 2.41. The van der Waals surface area contributed by atoms with Crippen LogP contribution < -0.4 is 5.32 Å². The van der Waals surface area contributed by atoms with Gasteiger partial charge in [-0.2, -0.15) is 0 Å². The zero-order valence-electron chi connectivity index (χ0n) is 10.8. The number of nitrogens with one attached hydrogen (secondary N) is 1. The van der Waals surface area contributed by atoms with Crippen LogP contribution in [0.15, 0.2) is 40.9 Å². The molecule has 0 radical (unpaired) electrons. The molecule has 106 valence electrons. The molecule has 0 bridgehead atoms. The molecule has 2 N–H and O–H groups in total. The van der Waals surface area contributed by atoms with Gasteiger partial charge in [0.2, 0.25) is 0 Å². The third-order valence-electron chi connectivity index (χ3n) is 3.03. The predicted molar refractivity (Wildman–Crippen MR) is 83.9 cm³/mol. The number of phenolic OH excluding ortho intramolecular Hbond substituents is 1. The molecule has 2 nitrogen and oxygen atoms in total. The third-order valence-corrected chi connectivity index (χ3v) is 3.76. The molecular formula is C15H14BrClFNO. The molecule has 1 unspecified atom stereocenters. The fraction of sp³-hybridized carbons (Fsp3) is 0.200. The summed E-state index contributed by atoms with van der Waals surface area (Å²) in [4.78, 5) is 0. The molecule has 0 aliphatic rings. The van der Waals surface area contributed by atoms with Crippen molar-refractivity contribution in [3.8, 4) is 5.75 Å². The first-order chi connectivity index (χ1) is 9.51. The summed E-state index contributed by atoms with van der Waals surface area (Å²) >= 11 is 9.11. The zero-order chi connectivity index (χ0) is 14.7. The average molecular weight is 359 g/mol. The van der Waals surface area contributed by atoms with E-state index in [1.807, 2.05) is 13.0 Å². The van der Waals surface area contributed by atoms with Crippen LogP contribution in [-0.2, 0) is 0 Å². The molecule has 20 heavy (non-hydrogen) atoms. The summed E-state index contributed by atoms with van der Waals surface area (Å²) in [6.45, 7) is 1.96. The smallest absolute Gasteiger partial charge is 0.147 e. The first-order valence-electron chi connectivity index (χ1n) is 6.21. The predicted octanol–water partition coefficient (Wildman–Crippen LogP) is 5.51. The summed E-state index contributed by atoms with van der Waals surface area (Å²) in [5, 5.41) is 13.4. The van der Waals surface area contributed by atoms with E-state index in [9.17, 15) is 9.50 Å². The van der Waals surface area contributed by atoms with Crippen LogP contribution in [0.1, 0.15) is 24.9 Å². The van der Waals surface area contributed by atoms with Crippen LogP contribution in [0, 0.1) is 5.82 Å². The van der Waals surface area contributed by atoms with Gasteiger partial charge in [-0.25, -0.2) is 4.39 Å². The largest absolute Gasteiger partial charge is 0.508 e. The highest BCUT2D eigenvalue weighted by molar-refractivity contribution is 9.10. The van der Waals surface area contributed by atoms with Gasteiger partial charge in [-0.1, -0.05) is 34.5 Å². The highest BCUT2D eigenvalue weighted by Crippen LogP contribution is 2.32. The Morgan fingerprint density at radius 3 is 2.70 bits per heavy atom. The second kappa shape index (κ2) is 6.46. The Labute approximate surface area is 130 Å². The summed E-state index contributed by atoms with van der Waals surface area (Å²) < 4.78 is 14.7. The van der Waals surface area contributed by atoms with E-state index < -0.39 is 5.82 Å². The highest BCUT2D eigenvalue weighted by Gasteiger charge is 2.15. The third kappa shape index (κ3) is 3.44. The van der Waals surface area contributed by atoms with Crippen LogP contribution in [0.5, 0.6) is 5.75 Å². The summed E-state index contributed by atoms with van der Waals surface area (Å²) in [7, 11) is 0. The molecule has 0 heterocycles. The van der Waals surface area contributed by atoms with Gasteiger partial charge in [-0.05, 0) is 42.8 Å². The Bertz CT molecular complexity index is 621. The molecule has 0 spiro atoms. The molecule has 0 saturated carbocycles. The van der Waals surface area contributed by atoms with Gasteiger partial charge in [0.05, 0.1) is 11.7 Å². The van der Waals surface area contributed by atoms with E-state index in [2.05, 4.69) is 21.2 Å². The lowest BCUT2D eigenvalue weighted by Crippen LogP contribution is -2.11. The first kappa shape index (κ1) is 15.1. The second-order valence-electron chi connectivity index (χ2n) is 4.43. The van der Waals surface area contributed by atoms with E-state index in [-0.39, 0.29) is 11.8 Å². The van der Waals surface area contributed by atoms with E-state index in [1.165, 1.54) is 6.07 Å². The summed E-state index contributed by atoms with van der Waals surface area (Å²) in [5.41, 5.74) is 1.08. The first-order valence-corrected chi connectivity index (χ1v) is 7.38. The Hall–Kier alpha value is -1.26. The fourth-order valence-corrected chi connectivity index (χ4v) is 2.54. The number of phenols is 1. The standard InChI is InChI=1S/C15H14BrClFNO/c1-2-13(11-7-9(16)3-6-15(11)20)19-14-5-4-10(17)8-12(14)18/h3-8,13,19-20H,2H2,1H3. The topological polar surface area (TPSA) is 32.3 Å². The van der Waals surface area contributed by atoms with E-state index in [4.69, 9.17) is 11.6 Å². The minimum absolute atomic E-state index is 0.182. The van der Waals surface area contributed by atoms with Crippen LogP contribution >= 0.6 is 27.5 Å². The van der Waals surface area contributed by atoms with Crippen molar-refractivity contribution in [2.24, 2.45) is 0 Å². The van der Waals surface area contributed by atoms with Crippen molar-refractivity contribution in [2.75, 3.05) is 5.32 Å². The van der Waals surface area contributed by atoms with Crippen molar-refractivity contribution >= 4 is 33.2 Å². The van der Waals surface area contributed by atoms with Crippen LogP contribution in [0.4, 0.5) is 10.1 Å². The molecule has 5 heteroatoms. The maximum Gasteiger partial charge on any atom is 0.147 e. The molecule has 0 amide bonds. The Kier molecular flexibility index (Phi) is 4.89. The number of halogens is 3. The Balaban J connectivity index is 2.31. The summed E-state index contributed by atoms with van der Waals surface area (Å²) in [5.74, 6) is -0.229. The molecule has 2 aromatic carbocycles. The lowest BCUT2D eigenvalue weighted by molar-refractivity contribution is 0.462. The molecule has 2 aromatic rings. The second-order valence-corrected chi connectivity index (χ2v) is 5.78. The maximum atomic E-state index is 13.8. The van der Waals surface area contributed by atoms with Crippen LogP contribution in [0.2, 0.25) is 5.02 Å². The monoisotopic (exact) mass is 357 g/mol. The van der Waals surface area contributed by atoms with E-state index >= 15 is 0 Å². The van der Waals surface area contributed by atoms with E-state index in [0.29, 0.717) is 17.1 Å². The minimum atomic E-state index is -0.412. The van der Waals surface area contributed by atoms with Gasteiger partial charge < -0.3 is 10.4 Å². The van der Waals surface area contributed by atoms with Gasteiger partial charge in [-0.3, -0.25) is 0 Å². The SMILES string of the molecule is CCC(Nc1ccc(Cl)cc1F)c1cc(Br)ccc1O. The van der Waals surface area contributed by atoms with E-state index in [0.717, 1.165) is 10.0 Å². The van der Waals surface area contributed by atoms with Gasteiger partial charge in [0.15, 0.2) is 0 Å². The number of aromatic hydroxyl groups is 1. The van der Waals surface area contributed by atoms with Gasteiger partial charge >= 0.3 is 0 Å². The van der Waals surface area contributed by atoms with Crippen LogP contribution in [-0.4, -0.2) is 5.11 Å².